The molecule has 0 aliphatic heterocycles. The predicted molar refractivity (Wildman–Crippen MR) is 85.9 cm³/mol. The number of hydrogen-bond acceptors (Lipinski definition) is 3. The molecule has 0 N–H and O–H groups in total. The minimum Gasteiger partial charge on any atom is -0.496 e. The molecule has 1 amide bonds. The smallest absolute Gasteiger partial charge is 0.227 e. The molecule has 0 aliphatic carbocycles. The van der Waals surface area contributed by atoms with Gasteiger partial charge in [0.2, 0.25) is 5.91 Å². The van der Waals surface area contributed by atoms with Crippen LogP contribution in [0.1, 0.15) is 22.5 Å². The molecule has 118 valence electrons. The van der Waals surface area contributed by atoms with E-state index in [0.717, 1.165) is 28.3 Å². The Morgan fingerprint density at radius 2 is 2.00 bits per heavy atom. The molecule has 0 bridgehead atoms. The Hall–Kier alpha value is -2.30. The first-order valence-electron chi connectivity index (χ1n) is 7.29. The molecule has 0 saturated heterocycles. The maximum Gasteiger partial charge on any atom is 0.227 e. The molecule has 2 aromatic rings. The average molecular weight is 301 g/mol. The molecule has 2 rings (SSSR count). The summed E-state index contributed by atoms with van der Waals surface area (Å²) < 4.78 is 7.15. The molecule has 22 heavy (non-hydrogen) atoms. The van der Waals surface area contributed by atoms with E-state index in [1.165, 1.54) is 0 Å². The maximum absolute atomic E-state index is 12.5. The summed E-state index contributed by atoms with van der Waals surface area (Å²) in [5.74, 6) is 0.876. The van der Waals surface area contributed by atoms with Crippen molar-refractivity contribution in [1.29, 1.82) is 0 Å². The third-order valence-electron chi connectivity index (χ3n) is 4.01. The topological polar surface area (TPSA) is 47.4 Å². The second-order valence-electron chi connectivity index (χ2n) is 5.51. The van der Waals surface area contributed by atoms with Gasteiger partial charge in [-0.25, -0.2) is 0 Å². The van der Waals surface area contributed by atoms with Crippen LogP contribution in [0.4, 0.5) is 0 Å². The molecule has 0 atom stereocenters. The highest BCUT2D eigenvalue weighted by molar-refractivity contribution is 5.79. The number of likely N-dealkylation sites (N-methyl/N-ethyl adjacent to an activating group) is 1. The monoisotopic (exact) mass is 301 g/mol. The van der Waals surface area contributed by atoms with Gasteiger partial charge in [0.05, 0.1) is 19.2 Å². The van der Waals surface area contributed by atoms with E-state index in [9.17, 15) is 4.79 Å². The lowest BCUT2D eigenvalue weighted by atomic mass is 10.1. The van der Waals surface area contributed by atoms with Gasteiger partial charge in [0.1, 0.15) is 5.75 Å². The first-order chi connectivity index (χ1) is 10.4. The fourth-order valence-corrected chi connectivity index (χ4v) is 2.54. The zero-order valence-corrected chi connectivity index (χ0v) is 13.9. The van der Waals surface area contributed by atoms with E-state index in [0.29, 0.717) is 13.0 Å². The van der Waals surface area contributed by atoms with Crippen molar-refractivity contribution >= 4 is 5.91 Å². The Kier molecular flexibility index (Phi) is 4.85. The van der Waals surface area contributed by atoms with Crippen molar-refractivity contribution in [2.75, 3.05) is 14.2 Å². The number of carbonyl (C=O) groups excluding carboxylic acids is 1. The van der Waals surface area contributed by atoms with Crippen LogP contribution in [-0.4, -0.2) is 34.7 Å². The van der Waals surface area contributed by atoms with Gasteiger partial charge in [0, 0.05) is 37.5 Å². The van der Waals surface area contributed by atoms with Gasteiger partial charge in [-0.3, -0.25) is 9.48 Å². The van der Waals surface area contributed by atoms with E-state index in [4.69, 9.17) is 4.74 Å². The number of aromatic nitrogens is 2. The lowest BCUT2D eigenvalue weighted by molar-refractivity contribution is -0.129. The van der Waals surface area contributed by atoms with Crippen molar-refractivity contribution in [3.05, 3.63) is 46.8 Å². The average Bonchev–Trinajstić information content (AvgIpc) is 2.74. The first kappa shape index (κ1) is 16.1. The molecule has 1 heterocycles. The molecule has 1 aromatic heterocycles. The normalized spacial score (nSPS) is 10.6. The Labute approximate surface area is 131 Å². The Morgan fingerprint density at radius 1 is 1.32 bits per heavy atom. The van der Waals surface area contributed by atoms with Gasteiger partial charge in [-0.1, -0.05) is 18.2 Å². The van der Waals surface area contributed by atoms with E-state index < -0.39 is 0 Å². The summed E-state index contributed by atoms with van der Waals surface area (Å²) in [6.07, 6.45) is 0.372. The quantitative estimate of drug-likeness (QED) is 0.851. The van der Waals surface area contributed by atoms with E-state index >= 15 is 0 Å². The lowest BCUT2D eigenvalue weighted by Gasteiger charge is -2.19. The zero-order chi connectivity index (χ0) is 16.3. The highest BCUT2D eigenvalue weighted by Crippen LogP contribution is 2.20. The molecule has 5 nitrogen and oxygen atoms in total. The number of carbonyl (C=O) groups is 1. The van der Waals surface area contributed by atoms with Crippen LogP contribution in [0.2, 0.25) is 0 Å². The fraction of sp³-hybridized carbons (Fsp3) is 0.412. The van der Waals surface area contributed by atoms with Gasteiger partial charge in [0.25, 0.3) is 0 Å². The number of ether oxygens (including phenoxy) is 1. The molecule has 0 aliphatic rings. The Morgan fingerprint density at radius 3 is 2.59 bits per heavy atom. The summed E-state index contributed by atoms with van der Waals surface area (Å²) in [7, 11) is 5.35. The van der Waals surface area contributed by atoms with Crippen LogP contribution in [0.3, 0.4) is 0 Å². The number of aryl methyl sites for hydroxylation is 2. The van der Waals surface area contributed by atoms with E-state index in [-0.39, 0.29) is 5.91 Å². The summed E-state index contributed by atoms with van der Waals surface area (Å²) in [6, 6.07) is 7.75. The highest BCUT2D eigenvalue weighted by Gasteiger charge is 2.17. The van der Waals surface area contributed by atoms with Crippen LogP contribution in [0.15, 0.2) is 24.3 Å². The highest BCUT2D eigenvalue weighted by atomic mass is 16.5. The van der Waals surface area contributed by atoms with Gasteiger partial charge >= 0.3 is 0 Å². The number of amides is 1. The molecule has 0 saturated carbocycles. The van der Waals surface area contributed by atoms with Gasteiger partial charge in [-0.2, -0.15) is 5.10 Å². The van der Waals surface area contributed by atoms with Crippen molar-refractivity contribution in [1.82, 2.24) is 14.7 Å². The van der Waals surface area contributed by atoms with E-state index in [1.54, 1.807) is 12.0 Å². The Bertz CT molecular complexity index is 677. The van der Waals surface area contributed by atoms with Gasteiger partial charge < -0.3 is 9.64 Å². The van der Waals surface area contributed by atoms with Crippen molar-refractivity contribution in [2.45, 2.75) is 26.8 Å². The summed E-state index contributed by atoms with van der Waals surface area (Å²) in [5, 5.41) is 4.36. The van der Waals surface area contributed by atoms with Gasteiger partial charge in [-0.05, 0) is 19.9 Å². The SMILES string of the molecule is COc1ccccc1CN(C)C(=O)Cc1c(C)nn(C)c1C. The van der Waals surface area contributed by atoms with Crippen LogP contribution >= 0.6 is 0 Å². The molecule has 0 fully saturated rings. The van der Waals surface area contributed by atoms with Crippen LogP contribution in [0.25, 0.3) is 0 Å². The van der Waals surface area contributed by atoms with Gasteiger partial charge in [-0.15, -0.1) is 0 Å². The lowest BCUT2D eigenvalue weighted by Crippen LogP contribution is -2.28. The third kappa shape index (κ3) is 3.30. The zero-order valence-electron chi connectivity index (χ0n) is 13.9. The Balaban J connectivity index is 2.09. The summed E-state index contributed by atoms with van der Waals surface area (Å²) >= 11 is 0. The summed E-state index contributed by atoms with van der Waals surface area (Å²) in [4.78, 5) is 14.2. The van der Waals surface area contributed by atoms with E-state index in [2.05, 4.69) is 5.10 Å². The molecule has 5 heteroatoms. The molecular formula is C17H23N3O2. The third-order valence-corrected chi connectivity index (χ3v) is 4.01. The molecule has 1 aromatic carbocycles. The van der Waals surface area contributed by atoms with E-state index in [1.807, 2.05) is 56.9 Å². The van der Waals surface area contributed by atoms with Crippen molar-refractivity contribution < 1.29 is 9.53 Å². The van der Waals surface area contributed by atoms with Crippen molar-refractivity contribution in [3.8, 4) is 5.75 Å². The first-order valence-corrected chi connectivity index (χ1v) is 7.29. The fourth-order valence-electron chi connectivity index (χ4n) is 2.54. The molecule has 0 spiro atoms. The number of rotatable bonds is 5. The predicted octanol–water partition coefficient (Wildman–Crippen LogP) is 2.25. The number of methoxy groups -OCH3 is 1. The number of hydrogen-bond donors (Lipinski definition) is 0. The summed E-state index contributed by atoms with van der Waals surface area (Å²) in [5.41, 5.74) is 3.97. The number of benzene rings is 1. The summed E-state index contributed by atoms with van der Waals surface area (Å²) in [6.45, 7) is 4.46. The van der Waals surface area contributed by atoms with Crippen molar-refractivity contribution in [3.63, 3.8) is 0 Å². The largest absolute Gasteiger partial charge is 0.496 e. The van der Waals surface area contributed by atoms with Crippen LogP contribution in [-0.2, 0) is 24.8 Å². The number of para-hydroxylation sites is 1. The standard InChI is InChI=1S/C17H23N3O2/c1-12-15(13(2)20(4)18-12)10-17(21)19(3)11-14-8-6-7-9-16(14)22-5/h6-9H,10-11H2,1-5H3. The second-order valence-corrected chi connectivity index (χ2v) is 5.51. The molecule has 0 radical (unpaired) electrons. The van der Waals surface area contributed by atoms with Gasteiger partial charge in [0.15, 0.2) is 0 Å². The van der Waals surface area contributed by atoms with Crippen LogP contribution < -0.4 is 4.74 Å². The maximum atomic E-state index is 12.5. The minimum absolute atomic E-state index is 0.0742. The van der Waals surface area contributed by atoms with Crippen LogP contribution in [0, 0.1) is 13.8 Å². The number of nitrogens with zero attached hydrogens (tertiary/aromatic N) is 3. The van der Waals surface area contributed by atoms with Crippen LogP contribution in [0.5, 0.6) is 5.75 Å². The molecular weight excluding hydrogens is 278 g/mol. The molecule has 0 unspecified atom stereocenters. The minimum atomic E-state index is 0.0742. The van der Waals surface area contributed by atoms with Crippen molar-refractivity contribution in [2.24, 2.45) is 7.05 Å². The second kappa shape index (κ2) is 6.64.